The average Bonchev–Trinajstić information content (AvgIpc) is 3.74. The number of nitrogens with zero attached hydrogens (tertiary/aromatic N) is 5. The Morgan fingerprint density at radius 2 is 1.81 bits per heavy atom. The fourth-order valence-electron chi connectivity index (χ4n) is 6.75. The first-order valence-corrected chi connectivity index (χ1v) is 16.2. The lowest BCUT2D eigenvalue weighted by atomic mass is 9.92. The molecule has 1 saturated carbocycles. The Labute approximate surface area is 275 Å². The molecule has 5 N–H and O–H groups in total. The van der Waals surface area contributed by atoms with Gasteiger partial charge in [-0.15, -0.1) is 5.10 Å². The number of nitrogens with one attached hydrogen (secondary N) is 2. The number of hydrogen-bond acceptors (Lipinski definition) is 11. The summed E-state index contributed by atoms with van der Waals surface area (Å²) in [6, 6.07) is 7.59. The number of halogens is 2. The van der Waals surface area contributed by atoms with E-state index in [0.29, 0.717) is 11.4 Å². The van der Waals surface area contributed by atoms with E-state index in [0.717, 1.165) is 0 Å². The lowest BCUT2D eigenvalue weighted by Gasteiger charge is -2.42. The maximum Gasteiger partial charge on any atom is 0.255 e. The summed E-state index contributed by atoms with van der Waals surface area (Å²) >= 11 is 0. The van der Waals surface area contributed by atoms with Crippen molar-refractivity contribution >= 4 is 17.7 Å². The number of alkyl halides is 2. The van der Waals surface area contributed by atoms with E-state index < -0.39 is 72.8 Å². The number of aliphatic hydroxyl groups is 3. The summed E-state index contributed by atoms with van der Waals surface area (Å²) in [7, 11) is 0. The fraction of sp³-hybridized carbons (Fsp3) is 0.645. The highest BCUT2D eigenvalue weighted by molar-refractivity contribution is 5.92. The maximum absolute atomic E-state index is 13.9. The molecule has 2 bridgehead atoms. The summed E-state index contributed by atoms with van der Waals surface area (Å²) < 4.78 is 40.3. The number of para-hydroxylation sites is 1. The Morgan fingerprint density at radius 1 is 1.06 bits per heavy atom. The average molecular weight is 678 g/mol. The zero-order valence-corrected chi connectivity index (χ0v) is 26.2. The van der Waals surface area contributed by atoms with Gasteiger partial charge in [0.2, 0.25) is 17.7 Å². The van der Waals surface area contributed by atoms with Crippen LogP contribution in [0.15, 0.2) is 36.5 Å². The highest BCUT2D eigenvalue weighted by atomic mass is 19.3. The van der Waals surface area contributed by atoms with E-state index in [1.54, 1.807) is 10.9 Å². The standard InChI is InChI=1S/C31H41F2N7O8/c32-31(33)8-6-18(7-9-31)34-10-11-38-16-24(41)39-15-20(40-14-19(36-37-40)17-47-21-4-2-1-3-5-21)12-22(39)29(45)35-13-23-25(42)26(43)27(44)28(48-23)30(38)46/h1-5,14,18,20,22-23,25-28,34,42-44H,6-13,15-17H2,(H,35,45)/t20-,22-,23-,25-,26+,27+,28-/m0/s1. The summed E-state index contributed by atoms with van der Waals surface area (Å²) in [6.45, 7) is -0.428. The number of amides is 3. The number of benzene rings is 1. The molecule has 262 valence electrons. The van der Waals surface area contributed by atoms with Crippen LogP contribution in [0.25, 0.3) is 0 Å². The maximum atomic E-state index is 13.9. The van der Waals surface area contributed by atoms with Crippen molar-refractivity contribution in [3.05, 3.63) is 42.2 Å². The molecule has 1 aromatic carbocycles. The van der Waals surface area contributed by atoms with Crippen molar-refractivity contribution in [2.45, 2.75) is 93.3 Å². The second-order valence-corrected chi connectivity index (χ2v) is 12.9. The molecule has 6 rings (SSSR count). The molecule has 3 saturated heterocycles. The van der Waals surface area contributed by atoms with Gasteiger partial charge in [0.1, 0.15) is 48.5 Å². The lowest BCUT2D eigenvalue weighted by molar-refractivity contribution is -0.223. The number of fused-ring (bicyclic) bond motifs is 3. The molecular weight excluding hydrogens is 636 g/mol. The molecule has 17 heteroatoms. The molecule has 7 atom stereocenters. The van der Waals surface area contributed by atoms with E-state index in [-0.39, 0.29) is 70.9 Å². The molecule has 1 aromatic heterocycles. The second-order valence-electron chi connectivity index (χ2n) is 12.9. The van der Waals surface area contributed by atoms with E-state index in [4.69, 9.17) is 9.47 Å². The second kappa shape index (κ2) is 14.4. The topological polar surface area (TPSA) is 192 Å². The number of rotatable bonds is 8. The summed E-state index contributed by atoms with van der Waals surface area (Å²) in [5.41, 5.74) is 0.539. The SMILES string of the molecule is O=C1NC[C@@H]2O[C@H](C(=O)N(CCNC3CCC(F)(F)CC3)CC(=O)N3C[C@@H](n4cc(COc5ccccc5)nn4)C[C@@H]13)[C@H](O)[C@H](O)[C@H]2O. The van der Waals surface area contributed by atoms with Crippen LogP contribution in [0.3, 0.4) is 0 Å². The van der Waals surface area contributed by atoms with Gasteiger partial charge in [-0.05, 0) is 25.0 Å². The van der Waals surface area contributed by atoms with Crippen LogP contribution in [0.1, 0.15) is 43.8 Å². The molecule has 3 amide bonds. The lowest BCUT2D eigenvalue weighted by Crippen LogP contribution is -2.65. The molecule has 4 heterocycles. The highest BCUT2D eigenvalue weighted by Crippen LogP contribution is 2.33. The van der Waals surface area contributed by atoms with Gasteiger partial charge in [-0.1, -0.05) is 23.4 Å². The molecule has 2 aromatic rings. The monoisotopic (exact) mass is 677 g/mol. The summed E-state index contributed by atoms with van der Waals surface area (Å²) in [6.07, 6.45) is -6.13. The smallest absolute Gasteiger partial charge is 0.255 e. The van der Waals surface area contributed by atoms with Crippen molar-refractivity contribution in [3.63, 3.8) is 0 Å². The predicted molar refractivity (Wildman–Crippen MR) is 161 cm³/mol. The Balaban J connectivity index is 1.18. The molecule has 0 radical (unpaired) electrons. The van der Waals surface area contributed by atoms with Gasteiger partial charge >= 0.3 is 0 Å². The van der Waals surface area contributed by atoms with Gasteiger partial charge in [0, 0.05) is 51.5 Å². The van der Waals surface area contributed by atoms with Crippen molar-refractivity contribution in [2.24, 2.45) is 0 Å². The van der Waals surface area contributed by atoms with Crippen LogP contribution in [0.5, 0.6) is 5.75 Å². The zero-order chi connectivity index (χ0) is 34.0. The van der Waals surface area contributed by atoms with Crippen LogP contribution in [-0.2, 0) is 25.7 Å². The first kappa shape index (κ1) is 34.1. The van der Waals surface area contributed by atoms with Gasteiger partial charge in [0.15, 0.2) is 6.10 Å². The summed E-state index contributed by atoms with van der Waals surface area (Å²) in [5, 5.41) is 46.1. The molecule has 4 aliphatic rings. The molecule has 1 aliphatic carbocycles. The normalized spacial score (nSPS) is 31.5. The van der Waals surface area contributed by atoms with Crippen molar-refractivity contribution in [1.82, 2.24) is 35.4 Å². The Bertz CT molecular complexity index is 1440. The first-order chi connectivity index (χ1) is 23.0. The minimum atomic E-state index is -2.70. The summed E-state index contributed by atoms with van der Waals surface area (Å²) in [5.74, 6) is -3.90. The minimum absolute atomic E-state index is 0.0463. The zero-order valence-electron chi connectivity index (χ0n) is 26.2. The van der Waals surface area contributed by atoms with Crippen LogP contribution in [0, 0.1) is 0 Å². The quantitative estimate of drug-likeness (QED) is 0.230. The molecule has 3 aliphatic heterocycles. The van der Waals surface area contributed by atoms with Gasteiger partial charge in [0.25, 0.3) is 5.91 Å². The molecule has 4 fully saturated rings. The Kier molecular flexibility index (Phi) is 10.2. The third-order valence-corrected chi connectivity index (χ3v) is 9.57. The van der Waals surface area contributed by atoms with Crippen LogP contribution >= 0.6 is 0 Å². The Morgan fingerprint density at radius 3 is 2.56 bits per heavy atom. The number of hydrogen-bond donors (Lipinski definition) is 5. The number of carbonyl (C=O) groups is 3. The Hall–Kier alpha value is -3.77. The summed E-state index contributed by atoms with van der Waals surface area (Å²) in [4.78, 5) is 43.7. The van der Waals surface area contributed by atoms with E-state index in [1.807, 2.05) is 30.3 Å². The molecule has 0 unspecified atom stereocenters. The van der Waals surface area contributed by atoms with E-state index in [9.17, 15) is 38.5 Å². The van der Waals surface area contributed by atoms with Crippen LogP contribution in [0.4, 0.5) is 8.78 Å². The third-order valence-electron chi connectivity index (χ3n) is 9.57. The molecule has 48 heavy (non-hydrogen) atoms. The van der Waals surface area contributed by atoms with Crippen molar-refractivity contribution < 1.29 is 48.0 Å². The van der Waals surface area contributed by atoms with Gasteiger partial charge in [-0.3, -0.25) is 14.4 Å². The fourth-order valence-corrected chi connectivity index (χ4v) is 6.75. The minimum Gasteiger partial charge on any atom is -0.487 e. The number of aliphatic hydroxyl groups excluding tert-OH is 3. The predicted octanol–water partition coefficient (Wildman–Crippen LogP) is -1.02. The van der Waals surface area contributed by atoms with Crippen LogP contribution in [0.2, 0.25) is 0 Å². The van der Waals surface area contributed by atoms with Gasteiger partial charge in [0.05, 0.1) is 18.8 Å². The molecule has 0 spiro atoms. The molecule has 15 nitrogen and oxygen atoms in total. The van der Waals surface area contributed by atoms with Crippen molar-refractivity contribution in [2.75, 3.05) is 32.7 Å². The van der Waals surface area contributed by atoms with Gasteiger partial charge in [-0.2, -0.15) is 0 Å². The highest BCUT2D eigenvalue weighted by Gasteiger charge is 2.49. The van der Waals surface area contributed by atoms with E-state index in [2.05, 4.69) is 20.9 Å². The van der Waals surface area contributed by atoms with Crippen molar-refractivity contribution in [1.29, 1.82) is 0 Å². The third kappa shape index (κ3) is 7.59. The number of carbonyl (C=O) groups excluding carboxylic acids is 3. The van der Waals surface area contributed by atoms with Crippen LogP contribution < -0.4 is 15.4 Å². The number of ether oxygens (including phenoxy) is 2. The molecular formula is C31H41F2N7O8. The van der Waals surface area contributed by atoms with E-state index >= 15 is 0 Å². The van der Waals surface area contributed by atoms with Gasteiger partial charge in [-0.25, -0.2) is 13.5 Å². The van der Waals surface area contributed by atoms with Gasteiger partial charge < -0.3 is 45.2 Å². The first-order valence-electron chi connectivity index (χ1n) is 16.2. The number of aromatic nitrogens is 3. The van der Waals surface area contributed by atoms with Crippen LogP contribution in [-0.4, -0.2) is 139 Å². The van der Waals surface area contributed by atoms with Crippen molar-refractivity contribution in [3.8, 4) is 5.75 Å². The largest absolute Gasteiger partial charge is 0.487 e. The van der Waals surface area contributed by atoms with E-state index in [1.165, 1.54) is 9.80 Å².